The zero-order valence-corrected chi connectivity index (χ0v) is 8.25. The third-order valence-corrected chi connectivity index (χ3v) is 2.21. The molecule has 2 heterocycles. The number of aliphatic hydroxyl groups excluding tert-OH is 1. The van der Waals surface area contributed by atoms with Gasteiger partial charge in [-0.1, -0.05) is 0 Å². The van der Waals surface area contributed by atoms with Gasteiger partial charge in [0.05, 0.1) is 29.6 Å². The minimum atomic E-state index is -0.593. The Bertz CT molecular complexity index is 526. The second kappa shape index (κ2) is 3.67. The topological polar surface area (TPSA) is 74.2 Å². The van der Waals surface area contributed by atoms with Gasteiger partial charge >= 0.3 is 0 Å². The monoisotopic (exact) mass is 202 g/mol. The average molecular weight is 202 g/mol. The van der Waals surface area contributed by atoms with Crippen molar-refractivity contribution in [2.24, 2.45) is 0 Å². The van der Waals surface area contributed by atoms with E-state index < -0.39 is 5.92 Å². The predicted octanol–water partition coefficient (Wildman–Crippen LogP) is 0.637. The Kier molecular flexibility index (Phi) is 2.35. The van der Waals surface area contributed by atoms with Crippen LogP contribution in [-0.4, -0.2) is 26.3 Å². The predicted molar refractivity (Wildman–Crippen MR) is 53.2 cm³/mol. The number of hydrogen-bond acceptors (Lipinski definition) is 4. The summed E-state index contributed by atoms with van der Waals surface area (Å²) in [6.45, 7) is 1.64. The van der Waals surface area contributed by atoms with Gasteiger partial charge in [-0.15, -0.1) is 0 Å². The van der Waals surface area contributed by atoms with Crippen LogP contribution in [0.25, 0.3) is 5.52 Å². The van der Waals surface area contributed by atoms with E-state index in [-0.39, 0.29) is 6.61 Å². The summed E-state index contributed by atoms with van der Waals surface area (Å²) in [5, 5.41) is 22.1. The highest BCUT2D eigenvalue weighted by Gasteiger charge is 2.15. The molecule has 1 unspecified atom stereocenters. The number of rotatable bonds is 2. The summed E-state index contributed by atoms with van der Waals surface area (Å²) >= 11 is 0. The minimum Gasteiger partial charge on any atom is -0.395 e. The summed E-state index contributed by atoms with van der Waals surface area (Å²) in [5.74, 6) is -0.593. The van der Waals surface area contributed by atoms with Gasteiger partial charge in [-0.2, -0.15) is 10.4 Å². The Morgan fingerprint density at radius 2 is 2.47 bits per heavy atom. The van der Waals surface area contributed by atoms with Crippen molar-refractivity contribution < 1.29 is 5.11 Å². The van der Waals surface area contributed by atoms with Crippen LogP contribution in [0, 0.1) is 18.3 Å². The van der Waals surface area contributed by atoms with Crippen LogP contribution in [0.3, 0.4) is 0 Å². The summed E-state index contributed by atoms with van der Waals surface area (Å²) < 4.78 is 1.66. The van der Waals surface area contributed by atoms with Gasteiger partial charge in [-0.25, -0.2) is 4.52 Å². The highest BCUT2D eigenvalue weighted by Crippen LogP contribution is 2.18. The van der Waals surface area contributed by atoms with E-state index >= 15 is 0 Å². The molecular formula is C10H10N4O. The molecule has 5 heteroatoms. The van der Waals surface area contributed by atoms with Crippen molar-refractivity contribution in [3.63, 3.8) is 0 Å². The van der Waals surface area contributed by atoms with Crippen LogP contribution in [0.5, 0.6) is 0 Å². The van der Waals surface area contributed by atoms with Gasteiger partial charge < -0.3 is 5.11 Å². The van der Waals surface area contributed by atoms with Crippen LogP contribution in [0.1, 0.15) is 17.3 Å². The van der Waals surface area contributed by atoms with Gasteiger partial charge in [0.25, 0.3) is 0 Å². The van der Waals surface area contributed by atoms with Crippen LogP contribution in [0.4, 0.5) is 0 Å². The van der Waals surface area contributed by atoms with Gasteiger partial charge in [-0.05, 0) is 13.0 Å². The maximum absolute atomic E-state index is 9.05. The van der Waals surface area contributed by atoms with Crippen LogP contribution >= 0.6 is 0 Å². The Hall–Kier alpha value is -1.93. The largest absolute Gasteiger partial charge is 0.395 e. The van der Waals surface area contributed by atoms with E-state index in [0.717, 1.165) is 11.2 Å². The molecule has 0 amide bonds. The summed E-state index contributed by atoms with van der Waals surface area (Å²) in [7, 11) is 0. The van der Waals surface area contributed by atoms with Crippen LogP contribution in [-0.2, 0) is 0 Å². The molecule has 0 aromatic carbocycles. The van der Waals surface area contributed by atoms with Crippen molar-refractivity contribution in [1.29, 1.82) is 5.26 Å². The fourth-order valence-corrected chi connectivity index (χ4v) is 1.52. The summed E-state index contributed by atoms with van der Waals surface area (Å²) in [6.07, 6.45) is 3.30. The first-order valence-corrected chi connectivity index (χ1v) is 4.57. The van der Waals surface area contributed by atoms with Crippen molar-refractivity contribution in [2.45, 2.75) is 12.8 Å². The molecule has 5 nitrogen and oxygen atoms in total. The molecule has 1 atom stereocenters. The fraction of sp³-hybridized carbons (Fsp3) is 0.300. The van der Waals surface area contributed by atoms with Crippen molar-refractivity contribution >= 4 is 5.52 Å². The normalized spacial score (nSPS) is 12.6. The van der Waals surface area contributed by atoms with Gasteiger partial charge in [0, 0.05) is 12.4 Å². The molecule has 15 heavy (non-hydrogen) atoms. The zero-order chi connectivity index (χ0) is 10.8. The molecule has 0 spiro atoms. The fourth-order valence-electron chi connectivity index (χ4n) is 1.52. The molecular weight excluding hydrogens is 192 g/mol. The molecule has 0 aliphatic heterocycles. The molecule has 0 bridgehead atoms. The molecule has 1 N–H and O–H groups in total. The van der Waals surface area contributed by atoms with E-state index in [1.165, 1.54) is 0 Å². The lowest BCUT2D eigenvalue weighted by Crippen LogP contribution is -2.06. The molecule has 2 aromatic rings. The Labute approximate surface area is 86.6 Å². The van der Waals surface area contributed by atoms with E-state index in [9.17, 15) is 0 Å². The Balaban J connectivity index is 2.65. The molecule has 0 saturated heterocycles. The molecule has 2 aromatic heterocycles. The van der Waals surface area contributed by atoms with Crippen LogP contribution in [0.2, 0.25) is 0 Å². The first-order valence-electron chi connectivity index (χ1n) is 4.57. The number of nitriles is 1. The minimum absolute atomic E-state index is 0.229. The molecule has 0 saturated carbocycles. The second-order valence-electron chi connectivity index (χ2n) is 3.29. The number of fused-ring (bicyclic) bond motifs is 1. The number of aliphatic hydroxyl groups is 1. The second-order valence-corrected chi connectivity index (χ2v) is 3.29. The maximum atomic E-state index is 9.05. The molecule has 0 fully saturated rings. The number of aromatic nitrogens is 3. The van der Waals surface area contributed by atoms with Crippen LogP contribution < -0.4 is 0 Å². The zero-order valence-electron chi connectivity index (χ0n) is 8.25. The van der Waals surface area contributed by atoms with Gasteiger partial charge in [0.1, 0.15) is 5.92 Å². The average Bonchev–Trinajstić information content (AvgIpc) is 2.61. The lowest BCUT2D eigenvalue weighted by atomic mass is 10.1. The first kappa shape index (κ1) is 9.62. The van der Waals surface area contributed by atoms with Gasteiger partial charge in [-0.3, -0.25) is 4.98 Å². The third kappa shape index (κ3) is 1.55. The summed E-state index contributed by atoms with van der Waals surface area (Å²) in [4.78, 5) is 4.12. The molecule has 0 aliphatic carbocycles. The smallest absolute Gasteiger partial charge is 0.114 e. The SMILES string of the molecule is Cc1cc2c(C(C#N)CO)nccn2n1. The quantitative estimate of drug-likeness (QED) is 0.775. The molecule has 0 radical (unpaired) electrons. The van der Waals surface area contributed by atoms with E-state index in [1.54, 1.807) is 16.9 Å². The van der Waals surface area contributed by atoms with Crippen molar-refractivity contribution in [3.8, 4) is 6.07 Å². The Morgan fingerprint density at radius 3 is 3.13 bits per heavy atom. The number of aryl methyl sites for hydroxylation is 1. The highest BCUT2D eigenvalue weighted by molar-refractivity contribution is 5.54. The summed E-state index contributed by atoms with van der Waals surface area (Å²) in [6, 6.07) is 3.87. The molecule has 0 aliphatic rings. The van der Waals surface area contributed by atoms with Gasteiger partial charge in [0.15, 0.2) is 0 Å². The van der Waals surface area contributed by atoms with Gasteiger partial charge in [0.2, 0.25) is 0 Å². The highest BCUT2D eigenvalue weighted by atomic mass is 16.3. The standard InChI is InChI=1S/C10H10N4O/c1-7-4-9-10(8(5-11)6-15)12-2-3-14(9)13-7/h2-4,8,15H,6H2,1H3. The van der Waals surface area contributed by atoms with Crippen molar-refractivity contribution in [1.82, 2.24) is 14.6 Å². The van der Waals surface area contributed by atoms with Crippen LogP contribution in [0.15, 0.2) is 18.5 Å². The van der Waals surface area contributed by atoms with E-state index in [1.807, 2.05) is 19.1 Å². The van der Waals surface area contributed by atoms with E-state index in [2.05, 4.69) is 10.1 Å². The summed E-state index contributed by atoms with van der Waals surface area (Å²) in [5.41, 5.74) is 2.21. The van der Waals surface area contributed by atoms with Crippen molar-refractivity contribution in [3.05, 3.63) is 29.8 Å². The van der Waals surface area contributed by atoms with Crippen molar-refractivity contribution in [2.75, 3.05) is 6.61 Å². The lowest BCUT2D eigenvalue weighted by molar-refractivity contribution is 0.284. The first-order chi connectivity index (χ1) is 7.26. The number of hydrogen-bond donors (Lipinski definition) is 1. The Morgan fingerprint density at radius 1 is 1.67 bits per heavy atom. The molecule has 2 rings (SSSR count). The number of nitrogens with zero attached hydrogens (tertiary/aromatic N) is 4. The van der Waals surface area contributed by atoms with E-state index in [4.69, 9.17) is 10.4 Å². The van der Waals surface area contributed by atoms with E-state index in [0.29, 0.717) is 5.69 Å². The third-order valence-electron chi connectivity index (χ3n) is 2.21. The maximum Gasteiger partial charge on any atom is 0.114 e. The lowest BCUT2D eigenvalue weighted by Gasteiger charge is -2.05. The molecule has 76 valence electrons.